The van der Waals surface area contributed by atoms with E-state index in [0.29, 0.717) is 57.9 Å². The van der Waals surface area contributed by atoms with Crippen molar-refractivity contribution in [2.24, 2.45) is 0 Å². The lowest BCUT2D eigenvalue weighted by atomic mass is 10.2. The number of rotatable bonds is 6. The Kier molecular flexibility index (Phi) is 7.85. The zero-order valence-electron chi connectivity index (χ0n) is 20.3. The number of piperazine rings is 2. The highest BCUT2D eigenvalue weighted by atomic mass is 32.2. The van der Waals surface area contributed by atoms with E-state index >= 15 is 0 Å². The molecule has 0 unspecified atom stereocenters. The van der Waals surface area contributed by atoms with E-state index in [4.69, 9.17) is 0 Å². The van der Waals surface area contributed by atoms with Crippen molar-refractivity contribution in [2.45, 2.75) is 11.8 Å². The number of likely N-dealkylation sites (N-methyl/N-ethyl adjacent to an activating group) is 1. The summed E-state index contributed by atoms with van der Waals surface area (Å²) >= 11 is 0. The number of anilines is 1. The zero-order chi connectivity index (χ0) is 25.0. The van der Waals surface area contributed by atoms with Gasteiger partial charge in [-0.25, -0.2) is 8.42 Å². The van der Waals surface area contributed by atoms with E-state index in [-0.39, 0.29) is 23.3 Å². The molecular formula is C25H33N5O4S. The first-order valence-electron chi connectivity index (χ1n) is 11.9. The number of hydrogen-bond acceptors (Lipinski definition) is 6. The molecule has 2 aliphatic rings. The number of carbonyl (C=O) groups excluding carboxylic acids is 2. The van der Waals surface area contributed by atoms with E-state index in [9.17, 15) is 18.0 Å². The van der Waals surface area contributed by atoms with Gasteiger partial charge in [0, 0.05) is 63.6 Å². The van der Waals surface area contributed by atoms with Gasteiger partial charge in [-0.1, -0.05) is 23.8 Å². The van der Waals surface area contributed by atoms with E-state index in [1.54, 1.807) is 23.1 Å². The van der Waals surface area contributed by atoms with Crippen molar-refractivity contribution in [2.75, 3.05) is 71.3 Å². The number of sulfonamides is 1. The summed E-state index contributed by atoms with van der Waals surface area (Å²) in [4.78, 5) is 31.5. The van der Waals surface area contributed by atoms with Crippen LogP contribution >= 0.6 is 0 Å². The SMILES string of the molecule is Cc1ccc(NC(=O)CN2CCN(C(=O)c3cccc(S(=O)(=O)N4CCN(C)CC4)c3)CC2)cc1. The summed E-state index contributed by atoms with van der Waals surface area (Å²) in [6, 6.07) is 14.0. The minimum Gasteiger partial charge on any atom is -0.336 e. The highest BCUT2D eigenvalue weighted by Gasteiger charge is 2.29. The van der Waals surface area contributed by atoms with Gasteiger partial charge in [0.05, 0.1) is 11.4 Å². The van der Waals surface area contributed by atoms with Crippen molar-refractivity contribution in [1.29, 1.82) is 0 Å². The molecule has 2 heterocycles. The van der Waals surface area contributed by atoms with Gasteiger partial charge in [0.25, 0.3) is 5.91 Å². The highest BCUT2D eigenvalue weighted by molar-refractivity contribution is 7.89. The molecule has 2 saturated heterocycles. The van der Waals surface area contributed by atoms with Crippen molar-refractivity contribution in [3.63, 3.8) is 0 Å². The van der Waals surface area contributed by atoms with Crippen molar-refractivity contribution in [3.8, 4) is 0 Å². The Morgan fingerprint density at radius 1 is 0.886 bits per heavy atom. The molecule has 188 valence electrons. The third kappa shape index (κ3) is 6.26. The van der Waals surface area contributed by atoms with Gasteiger partial charge in [0.15, 0.2) is 0 Å². The van der Waals surface area contributed by atoms with Crippen LogP contribution in [0.3, 0.4) is 0 Å². The van der Waals surface area contributed by atoms with Crippen LogP contribution in [0.5, 0.6) is 0 Å². The van der Waals surface area contributed by atoms with Crippen LogP contribution in [0, 0.1) is 6.92 Å². The van der Waals surface area contributed by atoms with E-state index in [1.165, 1.54) is 10.4 Å². The smallest absolute Gasteiger partial charge is 0.253 e. The van der Waals surface area contributed by atoms with Crippen LogP contribution in [0.25, 0.3) is 0 Å². The molecule has 0 saturated carbocycles. The largest absolute Gasteiger partial charge is 0.336 e. The minimum atomic E-state index is -3.64. The number of aryl methyl sites for hydroxylation is 1. The van der Waals surface area contributed by atoms with Crippen molar-refractivity contribution >= 4 is 27.5 Å². The summed E-state index contributed by atoms with van der Waals surface area (Å²) in [6.07, 6.45) is 0. The van der Waals surface area contributed by atoms with Gasteiger partial charge >= 0.3 is 0 Å². The average Bonchev–Trinajstić information content (AvgIpc) is 2.86. The molecule has 0 aliphatic carbocycles. The maximum absolute atomic E-state index is 13.1. The van der Waals surface area contributed by atoms with Crippen LogP contribution in [0.4, 0.5) is 5.69 Å². The molecule has 0 spiro atoms. The summed E-state index contributed by atoms with van der Waals surface area (Å²) in [6.45, 7) is 6.61. The predicted octanol–water partition coefficient (Wildman–Crippen LogP) is 1.33. The molecule has 2 aromatic carbocycles. The number of nitrogens with zero attached hydrogens (tertiary/aromatic N) is 4. The Labute approximate surface area is 207 Å². The minimum absolute atomic E-state index is 0.0876. The summed E-state index contributed by atoms with van der Waals surface area (Å²) in [5, 5.41) is 2.90. The molecule has 2 amide bonds. The standard InChI is InChI=1S/C25H33N5O4S/c1-20-6-8-22(9-7-20)26-24(31)19-28-12-14-29(15-13-28)25(32)21-4-3-5-23(18-21)35(33,34)30-16-10-27(2)11-17-30/h3-9,18H,10-17,19H2,1-2H3,(H,26,31). The van der Waals surface area contributed by atoms with Gasteiger partial charge in [-0.3, -0.25) is 14.5 Å². The van der Waals surface area contributed by atoms with Crippen LogP contribution in [-0.4, -0.2) is 105 Å². The fourth-order valence-corrected chi connectivity index (χ4v) is 5.77. The molecule has 2 aromatic rings. The Morgan fingerprint density at radius 3 is 2.20 bits per heavy atom. The molecule has 0 atom stereocenters. The third-order valence-corrected chi connectivity index (χ3v) is 8.44. The van der Waals surface area contributed by atoms with Gasteiger partial charge in [0.2, 0.25) is 15.9 Å². The van der Waals surface area contributed by atoms with E-state index in [2.05, 4.69) is 10.2 Å². The second kappa shape index (κ2) is 10.9. The molecule has 1 N–H and O–H groups in total. The van der Waals surface area contributed by atoms with Crippen LogP contribution < -0.4 is 5.32 Å². The number of hydrogen-bond donors (Lipinski definition) is 1. The Balaban J connectivity index is 1.32. The van der Waals surface area contributed by atoms with Crippen LogP contribution in [0.15, 0.2) is 53.4 Å². The molecule has 4 rings (SSSR count). The maximum Gasteiger partial charge on any atom is 0.253 e. The summed E-state index contributed by atoms with van der Waals surface area (Å²) in [5.41, 5.74) is 2.26. The molecule has 0 aromatic heterocycles. The van der Waals surface area contributed by atoms with Gasteiger partial charge < -0.3 is 15.1 Å². The quantitative estimate of drug-likeness (QED) is 0.645. The molecule has 0 radical (unpaired) electrons. The summed E-state index contributed by atoms with van der Waals surface area (Å²) in [7, 11) is -1.67. The molecular weight excluding hydrogens is 466 g/mol. The Morgan fingerprint density at radius 2 is 1.54 bits per heavy atom. The molecule has 2 fully saturated rings. The molecule has 10 heteroatoms. The van der Waals surface area contributed by atoms with Crippen LogP contribution in [0.2, 0.25) is 0 Å². The van der Waals surface area contributed by atoms with Crippen molar-refractivity contribution in [3.05, 3.63) is 59.7 Å². The predicted molar refractivity (Wildman–Crippen MR) is 135 cm³/mol. The monoisotopic (exact) mass is 499 g/mol. The zero-order valence-corrected chi connectivity index (χ0v) is 21.1. The van der Waals surface area contributed by atoms with Crippen molar-refractivity contribution in [1.82, 2.24) is 19.0 Å². The van der Waals surface area contributed by atoms with E-state index in [0.717, 1.165) is 11.3 Å². The number of benzene rings is 2. The second-order valence-electron chi connectivity index (χ2n) is 9.22. The lowest BCUT2D eigenvalue weighted by Crippen LogP contribution is -2.50. The fourth-order valence-electron chi connectivity index (χ4n) is 4.30. The highest BCUT2D eigenvalue weighted by Crippen LogP contribution is 2.20. The first-order valence-corrected chi connectivity index (χ1v) is 13.3. The lowest BCUT2D eigenvalue weighted by molar-refractivity contribution is -0.117. The lowest BCUT2D eigenvalue weighted by Gasteiger charge is -2.34. The first-order chi connectivity index (χ1) is 16.7. The molecule has 9 nitrogen and oxygen atoms in total. The maximum atomic E-state index is 13.1. The summed E-state index contributed by atoms with van der Waals surface area (Å²) in [5.74, 6) is -0.278. The molecule has 0 bridgehead atoms. The normalized spacial score (nSPS) is 18.4. The molecule has 35 heavy (non-hydrogen) atoms. The molecule has 2 aliphatic heterocycles. The van der Waals surface area contributed by atoms with Gasteiger partial charge in [-0.2, -0.15) is 4.31 Å². The van der Waals surface area contributed by atoms with Gasteiger partial charge in [-0.05, 0) is 44.3 Å². The van der Waals surface area contributed by atoms with Gasteiger partial charge in [-0.15, -0.1) is 0 Å². The van der Waals surface area contributed by atoms with Gasteiger partial charge in [0.1, 0.15) is 0 Å². The Bertz CT molecular complexity index is 1150. The van der Waals surface area contributed by atoms with Crippen LogP contribution in [0.1, 0.15) is 15.9 Å². The average molecular weight is 500 g/mol. The van der Waals surface area contributed by atoms with E-state index < -0.39 is 10.0 Å². The van der Waals surface area contributed by atoms with Crippen LogP contribution in [-0.2, 0) is 14.8 Å². The third-order valence-electron chi connectivity index (χ3n) is 6.54. The van der Waals surface area contributed by atoms with Crippen molar-refractivity contribution < 1.29 is 18.0 Å². The van der Waals surface area contributed by atoms with E-state index in [1.807, 2.05) is 43.1 Å². The Hall–Kier alpha value is -2.79. The first kappa shape index (κ1) is 25.3. The number of carbonyl (C=O) groups is 2. The number of nitrogens with one attached hydrogen (secondary N) is 1. The second-order valence-corrected chi connectivity index (χ2v) is 11.2. The summed E-state index contributed by atoms with van der Waals surface area (Å²) < 4.78 is 27.6. The fraction of sp³-hybridized carbons (Fsp3) is 0.440. The number of amides is 2. The topological polar surface area (TPSA) is 93.3 Å².